The molecule has 0 aromatic heterocycles. The van der Waals surface area contributed by atoms with Gasteiger partial charge in [-0.1, -0.05) is 36.8 Å². The first-order valence-corrected chi connectivity index (χ1v) is 6.99. The van der Waals surface area contributed by atoms with Gasteiger partial charge in [-0.3, -0.25) is 0 Å². The normalized spacial score (nSPS) is 12.8. The van der Waals surface area contributed by atoms with E-state index in [1.54, 1.807) is 0 Å². The molecule has 1 N–H and O–H groups in total. The molecule has 0 saturated heterocycles. The van der Waals surface area contributed by atoms with E-state index in [1.807, 2.05) is 44.3 Å². The highest BCUT2D eigenvalue weighted by Crippen LogP contribution is 2.25. The summed E-state index contributed by atoms with van der Waals surface area (Å²) in [6, 6.07) is 8.06. The standard InChI is InChI=1S/C20H23N/c1-7-10-19(13-15(3)21-6)16(4)17(5)20-12-9-11-18(8-2)14-20/h2,7,9-14,21H,3H2,1,4-6H3/b10-7-,17-16-,19-13?. The summed E-state index contributed by atoms with van der Waals surface area (Å²) in [6.45, 7) is 10.2. The van der Waals surface area contributed by atoms with Crippen molar-refractivity contribution >= 4 is 5.57 Å². The number of likely N-dealkylation sites (N-methyl/N-ethyl adjacent to an activating group) is 1. The molecule has 1 rings (SSSR count). The van der Waals surface area contributed by atoms with Crippen LogP contribution in [0.5, 0.6) is 0 Å². The van der Waals surface area contributed by atoms with Gasteiger partial charge in [0.05, 0.1) is 0 Å². The van der Waals surface area contributed by atoms with Gasteiger partial charge in [-0.15, -0.1) is 6.42 Å². The number of terminal acetylenes is 1. The van der Waals surface area contributed by atoms with Gasteiger partial charge in [0.1, 0.15) is 0 Å². The highest BCUT2D eigenvalue weighted by atomic mass is 14.8. The van der Waals surface area contributed by atoms with Crippen LogP contribution in [-0.2, 0) is 0 Å². The van der Waals surface area contributed by atoms with Gasteiger partial charge in [0.25, 0.3) is 0 Å². The smallest absolute Gasteiger partial charge is 0.0270 e. The van der Waals surface area contributed by atoms with Crippen LogP contribution in [-0.4, -0.2) is 7.05 Å². The van der Waals surface area contributed by atoms with Crippen molar-refractivity contribution in [3.05, 3.63) is 77.0 Å². The monoisotopic (exact) mass is 277 g/mol. The van der Waals surface area contributed by atoms with Gasteiger partial charge in [-0.2, -0.15) is 0 Å². The van der Waals surface area contributed by atoms with E-state index >= 15 is 0 Å². The summed E-state index contributed by atoms with van der Waals surface area (Å²) in [4.78, 5) is 0. The van der Waals surface area contributed by atoms with Crippen molar-refractivity contribution < 1.29 is 0 Å². The van der Waals surface area contributed by atoms with Crippen molar-refractivity contribution in [1.82, 2.24) is 5.32 Å². The average Bonchev–Trinajstić information content (AvgIpc) is 2.52. The Balaban J connectivity index is 3.33. The van der Waals surface area contributed by atoms with Crippen molar-refractivity contribution in [2.75, 3.05) is 7.05 Å². The second-order valence-electron chi connectivity index (χ2n) is 4.85. The summed E-state index contributed by atoms with van der Waals surface area (Å²) < 4.78 is 0. The van der Waals surface area contributed by atoms with Crippen LogP contribution in [0.25, 0.3) is 5.57 Å². The van der Waals surface area contributed by atoms with E-state index in [-0.39, 0.29) is 0 Å². The molecule has 0 unspecified atom stereocenters. The molecule has 0 radical (unpaired) electrons. The Bertz CT molecular complexity index is 649. The molecule has 0 saturated carbocycles. The molecule has 0 atom stereocenters. The molecule has 21 heavy (non-hydrogen) atoms. The van der Waals surface area contributed by atoms with E-state index in [2.05, 4.69) is 43.8 Å². The number of nitrogens with one attached hydrogen (secondary N) is 1. The lowest BCUT2D eigenvalue weighted by atomic mass is 9.95. The second kappa shape index (κ2) is 7.97. The van der Waals surface area contributed by atoms with Crippen molar-refractivity contribution in [2.24, 2.45) is 0 Å². The topological polar surface area (TPSA) is 12.0 Å². The van der Waals surface area contributed by atoms with Crippen LogP contribution < -0.4 is 5.32 Å². The largest absolute Gasteiger partial charge is 0.389 e. The fourth-order valence-corrected chi connectivity index (χ4v) is 2.00. The summed E-state index contributed by atoms with van der Waals surface area (Å²) in [5.41, 5.74) is 6.48. The molecule has 0 spiro atoms. The minimum absolute atomic E-state index is 0.882. The summed E-state index contributed by atoms with van der Waals surface area (Å²) in [7, 11) is 1.87. The third kappa shape index (κ3) is 4.54. The number of rotatable bonds is 5. The highest BCUT2D eigenvalue weighted by Gasteiger charge is 2.05. The zero-order valence-corrected chi connectivity index (χ0v) is 13.3. The van der Waals surface area contributed by atoms with Crippen molar-refractivity contribution in [2.45, 2.75) is 20.8 Å². The Hall–Kier alpha value is -2.46. The molecule has 0 aliphatic rings. The Labute approximate surface area is 128 Å². The fraction of sp³-hybridized carbons (Fsp3) is 0.200. The molecule has 1 aromatic carbocycles. The van der Waals surface area contributed by atoms with Crippen LogP contribution in [0, 0.1) is 12.3 Å². The Morgan fingerprint density at radius 1 is 1.33 bits per heavy atom. The van der Waals surface area contributed by atoms with Crippen LogP contribution in [0.1, 0.15) is 31.9 Å². The third-order valence-electron chi connectivity index (χ3n) is 3.45. The van der Waals surface area contributed by atoms with Crippen LogP contribution in [0.4, 0.5) is 0 Å². The zero-order valence-electron chi connectivity index (χ0n) is 13.3. The van der Waals surface area contributed by atoms with Gasteiger partial charge in [0.2, 0.25) is 0 Å². The van der Waals surface area contributed by atoms with Crippen LogP contribution in [0.15, 0.2) is 65.9 Å². The molecule has 108 valence electrons. The fourth-order valence-electron chi connectivity index (χ4n) is 2.00. The SMILES string of the molecule is C#Cc1cccc(/C(C)=C(/C)C(=CC(=C)NC)/C=C\C)c1. The minimum atomic E-state index is 0.882. The number of hydrogen-bond acceptors (Lipinski definition) is 1. The molecule has 0 aliphatic heterocycles. The second-order valence-corrected chi connectivity index (χ2v) is 4.85. The van der Waals surface area contributed by atoms with E-state index < -0.39 is 0 Å². The van der Waals surface area contributed by atoms with E-state index in [0.29, 0.717) is 0 Å². The Morgan fingerprint density at radius 3 is 2.62 bits per heavy atom. The number of hydrogen-bond donors (Lipinski definition) is 1. The molecule has 0 heterocycles. The summed E-state index contributed by atoms with van der Waals surface area (Å²) >= 11 is 0. The summed E-state index contributed by atoms with van der Waals surface area (Å²) in [6.07, 6.45) is 11.6. The maximum atomic E-state index is 5.48. The van der Waals surface area contributed by atoms with Gasteiger partial charge >= 0.3 is 0 Å². The maximum Gasteiger partial charge on any atom is 0.0270 e. The van der Waals surface area contributed by atoms with Crippen molar-refractivity contribution in [3.63, 3.8) is 0 Å². The van der Waals surface area contributed by atoms with E-state index in [1.165, 1.54) is 11.1 Å². The lowest BCUT2D eigenvalue weighted by molar-refractivity contribution is 1.04. The molecule has 1 nitrogen and oxygen atoms in total. The van der Waals surface area contributed by atoms with E-state index in [0.717, 1.165) is 22.4 Å². The lowest BCUT2D eigenvalue weighted by Gasteiger charge is -2.11. The van der Waals surface area contributed by atoms with Crippen LogP contribution in [0.2, 0.25) is 0 Å². The predicted molar refractivity (Wildman–Crippen MR) is 93.7 cm³/mol. The van der Waals surface area contributed by atoms with E-state index in [9.17, 15) is 0 Å². The zero-order chi connectivity index (χ0) is 15.8. The molecule has 1 aromatic rings. The van der Waals surface area contributed by atoms with Crippen molar-refractivity contribution in [3.8, 4) is 12.3 Å². The average molecular weight is 277 g/mol. The quantitative estimate of drug-likeness (QED) is 0.608. The first-order chi connectivity index (χ1) is 10.0. The van der Waals surface area contributed by atoms with Crippen LogP contribution in [0.3, 0.4) is 0 Å². The number of benzene rings is 1. The molecule has 0 bridgehead atoms. The molecule has 0 fully saturated rings. The first-order valence-electron chi connectivity index (χ1n) is 6.99. The minimum Gasteiger partial charge on any atom is -0.389 e. The van der Waals surface area contributed by atoms with Gasteiger partial charge in [0.15, 0.2) is 0 Å². The molecular weight excluding hydrogens is 254 g/mol. The molecule has 0 aliphatic carbocycles. The van der Waals surface area contributed by atoms with Gasteiger partial charge < -0.3 is 5.32 Å². The third-order valence-corrected chi connectivity index (χ3v) is 3.45. The van der Waals surface area contributed by atoms with Gasteiger partial charge in [0, 0.05) is 18.3 Å². The molecular formula is C20H23N. The van der Waals surface area contributed by atoms with Gasteiger partial charge in [-0.25, -0.2) is 0 Å². The number of allylic oxidation sites excluding steroid dienone is 6. The first kappa shape index (κ1) is 16.6. The lowest BCUT2D eigenvalue weighted by Crippen LogP contribution is -2.02. The summed E-state index contributed by atoms with van der Waals surface area (Å²) in [5, 5.41) is 3.05. The molecule has 0 amide bonds. The summed E-state index contributed by atoms with van der Waals surface area (Å²) in [5.74, 6) is 2.68. The maximum absolute atomic E-state index is 5.48. The van der Waals surface area contributed by atoms with Crippen molar-refractivity contribution in [1.29, 1.82) is 0 Å². The predicted octanol–water partition coefficient (Wildman–Crippen LogP) is 4.70. The Morgan fingerprint density at radius 2 is 2.05 bits per heavy atom. The molecule has 1 heteroatoms. The van der Waals surface area contributed by atoms with E-state index in [4.69, 9.17) is 6.42 Å². The highest BCUT2D eigenvalue weighted by molar-refractivity contribution is 5.72. The van der Waals surface area contributed by atoms with Gasteiger partial charge in [-0.05, 0) is 61.3 Å². The Kier molecular flexibility index (Phi) is 6.30. The van der Waals surface area contributed by atoms with Crippen LogP contribution >= 0.6 is 0 Å².